The number of fused-ring (bicyclic) bond motifs is 1. The molecule has 2 aromatic rings. The highest BCUT2D eigenvalue weighted by Gasteiger charge is 2.24. The van der Waals surface area contributed by atoms with Gasteiger partial charge in [0.25, 0.3) is 0 Å². The standard InChI is InChI=1S/C16H21FN2OS/c1-10(11-6-4-3-5-7-11)19-14-9-15(20-2)12(17)8-13(14)18-16(19)21/h8-11H,3-7H2,1-2H3,(H,18,21). The first-order chi connectivity index (χ1) is 10.1. The number of H-pyrrole nitrogens is 1. The zero-order chi connectivity index (χ0) is 15.0. The van der Waals surface area contributed by atoms with Crippen molar-refractivity contribution in [2.75, 3.05) is 7.11 Å². The van der Waals surface area contributed by atoms with Gasteiger partial charge in [0.15, 0.2) is 16.3 Å². The fraction of sp³-hybridized carbons (Fsp3) is 0.562. The fourth-order valence-electron chi connectivity index (χ4n) is 3.52. The smallest absolute Gasteiger partial charge is 0.178 e. The Bertz CT molecular complexity index is 700. The normalized spacial score (nSPS) is 18.0. The van der Waals surface area contributed by atoms with Gasteiger partial charge in [0.05, 0.1) is 18.1 Å². The molecule has 0 radical (unpaired) electrons. The Morgan fingerprint density at radius 3 is 2.71 bits per heavy atom. The molecular formula is C16H21FN2OS. The molecule has 1 saturated carbocycles. The Labute approximate surface area is 129 Å². The number of hydrogen-bond acceptors (Lipinski definition) is 2. The third-order valence-electron chi connectivity index (χ3n) is 4.73. The Kier molecular flexibility index (Phi) is 4.02. The first-order valence-corrected chi connectivity index (χ1v) is 8.00. The van der Waals surface area contributed by atoms with Crippen molar-refractivity contribution in [3.8, 4) is 5.75 Å². The molecule has 0 spiro atoms. The minimum atomic E-state index is -0.362. The summed E-state index contributed by atoms with van der Waals surface area (Å²) in [6.45, 7) is 2.22. The maximum absolute atomic E-state index is 13.8. The molecular weight excluding hydrogens is 287 g/mol. The Morgan fingerprint density at radius 2 is 2.05 bits per heavy atom. The van der Waals surface area contributed by atoms with Gasteiger partial charge in [-0.15, -0.1) is 0 Å². The highest BCUT2D eigenvalue weighted by atomic mass is 32.1. The molecule has 5 heteroatoms. The van der Waals surface area contributed by atoms with Crippen LogP contribution in [0.4, 0.5) is 4.39 Å². The number of methoxy groups -OCH3 is 1. The average molecular weight is 308 g/mol. The van der Waals surface area contributed by atoms with E-state index in [2.05, 4.69) is 16.5 Å². The summed E-state index contributed by atoms with van der Waals surface area (Å²) in [7, 11) is 1.49. The molecule has 1 unspecified atom stereocenters. The molecule has 0 amide bonds. The van der Waals surface area contributed by atoms with E-state index in [0.717, 1.165) is 11.0 Å². The summed E-state index contributed by atoms with van der Waals surface area (Å²) in [5.41, 5.74) is 1.66. The molecule has 1 atom stereocenters. The van der Waals surface area contributed by atoms with E-state index in [1.54, 1.807) is 6.07 Å². The molecule has 21 heavy (non-hydrogen) atoms. The van der Waals surface area contributed by atoms with Crippen LogP contribution in [0.15, 0.2) is 12.1 Å². The predicted octanol–water partition coefficient (Wildman–Crippen LogP) is 4.99. The lowest BCUT2D eigenvalue weighted by Crippen LogP contribution is -2.19. The molecule has 0 bridgehead atoms. The number of benzene rings is 1. The lowest BCUT2D eigenvalue weighted by atomic mass is 9.84. The van der Waals surface area contributed by atoms with E-state index in [1.165, 1.54) is 45.3 Å². The maximum atomic E-state index is 13.8. The largest absolute Gasteiger partial charge is 0.494 e. The third kappa shape index (κ3) is 2.59. The molecule has 3 rings (SSSR count). The summed E-state index contributed by atoms with van der Waals surface area (Å²) >= 11 is 5.47. The number of aromatic amines is 1. The second-order valence-electron chi connectivity index (χ2n) is 5.94. The molecule has 0 saturated heterocycles. The van der Waals surface area contributed by atoms with Crippen molar-refractivity contribution in [1.82, 2.24) is 9.55 Å². The minimum absolute atomic E-state index is 0.265. The molecule has 3 nitrogen and oxygen atoms in total. The van der Waals surface area contributed by atoms with Crippen molar-refractivity contribution in [2.45, 2.75) is 45.1 Å². The molecule has 1 aliphatic carbocycles. The van der Waals surface area contributed by atoms with E-state index in [4.69, 9.17) is 17.0 Å². The third-order valence-corrected chi connectivity index (χ3v) is 5.03. The van der Waals surface area contributed by atoms with Crippen LogP contribution in [-0.4, -0.2) is 16.7 Å². The van der Waals surface area contributed by atoms with Gasteiger partial charge >= 0.3 is 0 Å². The van der Waals surface area contributed by atoms with Gasteiger partial charge in [0, 0.05) is 18.2 Å². The van der Waals surface area contributed by atoms with Gasteiger partial charge in [0.2, 0.25) is 0 Å². The number of ether oxygens (including phenoxy) is 1. The Balaban J connectivity index is 2.08. The lowest BCUT2D eigenvalue weighted by molar-refractivity contribution is 0.266. The predicted molar refractivity (Wildman–Crippen MR) is 84.9 cm³/mol. The van der Waals surface area contributed by atoms with E-state index >= 15 is 0 Å². The van der Waals surface area contributed by atoms with Crippen LogP contribution in [0.25, 0.3) is 11.0 Å². The highest BCUT2D eigenvalue weighted by Crippen LogP contribution is 2.35. The lowest BCUT2D eigenvalue weighted by Gasteiger charge is -2.29. The Morgan fingerprint density at radius 1 is 1.33 bits per heavy atom. The SMILES string of the molecule is COc1cc2c(cc1F)[nH]c(=S)n2C(C)C1CCCCC1. The fourth-order valence-corrected chi connectivity index (χ4v) is 3.89. The average Bonchev–Trinajstić information content (AvgIpc) is 2.81. The number of aromatic nitrogens is 2. The van der Waals surface area contributed by atoms with E-state index in [0.29, 0.717) is 16.7 Å². The van der Waals surface area contributed by atoms with Crippen molar-refractivity contribution in [2.24, 2.45) is 5.92 Å². The van der Waals surface area contributed by atoms with E-state index in [9.17, 15) is 4.39 Å². The number of nitrogens with one attached hydrogen (secondary N) is 1. The topological polar surface area (TPSA) is 29.9 Å². The van der Waals surface area contributed by atoms with Gasteiger partial charge in [-0.25, -0.2) is 4.39 Å². The van der Waals surface area contributed by atoms with E-state index in [-0.39, 0.29) is 11.6 Å². The second kappa shape index (κ2) is 5.79. The van der Waals surface area contributed by atoms with Gasteiger partial charge in [-0.1, -0.05) is 19.3 Å². The van der Waals surface area contributed by atoms with Crippen LogP contribution in [0.2, 0.25) is 0 Å². The summed E-state index contributed by atoms with van der Waals surface area (Å²) in [6, 6.07) is 3.53. The van der Waals surface area contributed by atoms with Crippen LogP contribution in [-0.2, 0) is 0 Å². The molecule has 1 aliphatic rings. The first-order valence-electron chi connectivity index (χ1n) is 7.59. The Hall–Kier alpha value is -1.36. The quantitative estimate of drug-likeness (QED) is 0.810. The van der Waals surface area contributed by atoms with Crippen LogP contribution in [0.5, 0.6) is 5.75 Å². The zero-order valence-corrected chi connectivity index (χ0v) is 13.3. The molecule has 0 aliphatic heterocycles. The zero-order valence-electron chi connectivity index (χ0n) is 12.5. The number of halogens is 1. The molecule has 114 valence electrons. The van der Waals surface area contributed by atoms with E-state index < -0.39 is 0 Å². The van der Waals surface area contributed by atoms with E-state index in [1.807, 2.05) is 0 Å². The maximum Gasteiger partial charge on any atom is 0.178 e. The second-order valence-corrected chi connectivity index (χ2v) is 6.33. The minimum Gasteiger partial charge on any atom is -0.494 e. The van der Waals surface area contributed by atoms with Crippen LogP contribution in [0.1, 0.15) is 45.1 Å². The number of nitrogens with zero attached hydrogens (tertiary/aromatic N) is 1. The summed E-state index contributed by atoms with van der Waals surface area (Å²) in [5, 5.41) is 0. The van der Waals surface area contributed by atoms with Gasteiger partial charge in [-0.2, -0.15) is 0 Å². The molecule has 1 fully saturated rings. The molecule has 1 aromatic carbocycles. The molecule has 1 heterocycles. The number of hydrogen-bond donors (Lipinski definition) is 1. The summed E-state index contributed by atoms with van der Waals surface area (Å²) in [5.74, 6) is 0.542. The highest BCUT2D eigenvalue weighted by molar-refractivity contribution is 7.71. The monoisotopic (exact) mass is 308 g/mol. The van der Waals surface area contributed by atoms with Crippen LogP contribution in [0.3, 0.4) is 0 Å². The van der Waals surface area contributed by atoms with Gasteiger partial charge < -0.3 is 14.3 Å². The first kappa shape index (κ1) is 14.6. The summed E-state index contributed by atoms with van der Waals surface area (Å²) < 4.78 is 21.7. The van der Waals surface area contributed by atoms with Gasteiger partial charge in [-0.3, -0.25) is 0 Å². The van der Waals surface area contributed by atoms with Crippen molar-refractivity contribution in [3.05, 3.63) is 22.7 Å². The van der Waals surface area contributed by atoms with Crippen molar-refractivity contribution >= 4 is 23.3 Å². The number of rotatable bonds is 3. The van der Waals surface area contributed by atoms with Crippen molar-refractivity contribution in [3.63, 3.8) is 0 Å². The molecule has 1 aromatic heterocycles. The van der Waals surface area contributed by atoms with Gasteiger partial charge in [-0.05, 0) is 37.9 Å². The van der Waals surface area contributed by atoms with Crippen LogP contribution in [0, 0.1) is 16.5 Å². The number of imidazole rings is 1. The van der Waals surface area contributed by atoms with Crippen LogP contribution < -0.4 is 4.74 Å². The van der Waals surface area contributed by atoms with Crippen molar-refractivity contribution < 1.29 is 9.13 Å². The summed E-state index contributed by atoms with van der Waals surface area (Å²) in [6.07, 6.45) is 6.41. The van der Waals surface area contributed by atoms with Crippen LogP contribution >= 0.6 is 12.2 Å². The summed E-state index contributed by atoms with van der Waals surface area (Å²) in [4.78, 5) is 3.12. The van der Waals surface area contributed by atoms with Crippen molar-refractivity contribution in [1.29, 1.82) is 0 Å². The molecule has 1 N–H and O–H groups in total. The van der Waals surface area contributed by atoms with Gasteiger partial charge in [0.1, 0.15) is 0 Å².